The van der Waals surface area contributed by atoms with Gasteiger partial charge in [-0.25, -0.2) is 4.98 Å². The van der Waals surface area contributed by atoms with Crippen molar-refractivity contribution < 1.29 is 4.79 Å². The number of carbonyl (C=O) groups excluding carboxylic acids is 1. The highest BCUT2D eigenvalue weighted by Gasteiger charge is 2.25. The third kappa shape index (κ3) is 4.82. The number of amides is 1. The molecule has 1 aromatic carbocycles. The van der Waals surface area contributed by atoms with Crippen molar-refractivity contribution in [2.75, 3.05) is 18.8 Å². The van der Waals surface area contributed by atoms with Crippen LogP contribution in [0.1, 0.15) is 66.7 Å². The van der Waals surface area contributed by atoms with Crippen LogP contribution < -0.4 is 5.73 Å². The smallest absolute Gasteiger partial charge is 0.228 e. The molecule has 0 bridgehead atoms. The Bertz CT molecular complexity index is 1360. The molecule has 3 aromatic heterocycles. The Morgan fingerprint density at radius 3 is 2.49 bits per heavy atom. The molecule has 0 aliphatic carbocycles. The zero-order valence-electron chi connectivity index (χ0n) is 20.9. The number of carbonyl (C=O) groups is 1. The summed E-state index contributed by atoms with van der Waals surface area (Å²) in [6.45, 7) is 10.2. The summed E-state index contributed by atoms with van der Waals surface area (Å²) < 4.78 is 0. The molecule has 5 rings (SSSR count). The number of likely N-dealkylation sites (tertiary alicyclic amines) is 1. The van der Waals surface area contributed by atoms with Gasteiger partial charge in [-0.15, -0.1) is 11.3 Å². The Morgan fingerprint density at radius 2 is 1.86 bits per heavy atom. The molecule has 4 aromatic rings. The maximum atomic E-state index is 12.7. The lowest BCUT2D eigenvalue weighted by Gasteiger charge is -2.32. The van der Waals surface area contributed by atoms with Crippen LogP contribution in [0.15, 0.2) is 35.7 Å². The van der Waals surface area contributed by atoms with E-state index >= 15 is 0 Å². The summed E-state index contributed by atoms with van der Waals surface area (Å²) in [4.78, 5) is 27.2. The number of nitrogens with one attached hydrogen (secondary N) is 1. The van der Waals surface area contributed by atoms with Crippen molar-refractivity contribution in [2.45, 2.75) is 58.8 Å². The zero-order valence-corrected chi connectivity index (χ0v) is 21.7. The number of pyridine rings is 1. The molecule has 4 heterocycles. The first kappa shape index (κ1) is 23.5. The van der Waals surface area contributed by atoms with Crippen molar-refractivity contribution in [1.29, 1.82) is 0 Å². The third-order valence-corrected chi connectivity index (χ3v) is 7.75. The molecule has 0 saturated carbocycles. The highest BCUT2D eigenvalue weighted by Crippen LogP contribution is 2.38. The monoisotopic (exact) mass is 487 g/mol. The number of thiazole rings is 1. The van der Waals surface area contributed by atoms with E-state index in [1.165, 1.54) is 44.6 Å². The molecule has 1 aliphatic rings. The second-order valence-corrected chi connectivity index (χ2v) is 10.9. The molecule has 35 heavy (non-hydrogen) atoms. The molecule has 6 nitrogen and oxygen atoms in total. The second kappa shape index (κ2) is 9.46. The minimum Gasteiger partial charge on any atom is -0.375 e. The third-order valence-electron chi connectivity index (χ3n) is 7.03. The van der Waals surface area contributed by atoms with E-state index in [0.717, 1.165) is 43.0 Å². The minimum atomic E-state index is 0.143. The number of aryl methyl sites for hydroxylation is 2. The number of aromatic amines is 1. The molecule has 0 radical (unpaired) electrons. The van der Waals surface area contributed by atoms with E-state index < -0.39 is 0 Å². The van der Waals surface area contributed by atoms with Crippen molar-refractivity contribution in [2.24, 2.45) is 0 Å². The number of piperidine rings is 1. The Balaban J connectivity index is 1.37. The molecule has 0 atom stereocenters. The molecule has 3 N–H and O–H groups in total. The number of hydrogen-bond acceptors (Lipinski definition) is 5. The van der Waals surface area contributed by atoms with Gasteiger partial charge in [0.25, 0.3) is 0 Å². The number of anilines is 1. The van der Waals surface area contributed by atoms with E-state index in [0.29, 0.717) is 23.4 Å². The van der Waals surface area contributed by atoms with Gasteiger partial charge in [-0.3, -0.25) is 9.78 Å². The van der Waals surface area contributed by atoms with E-state index in [-0.39, 0.29) is 5.91 Å². The highest BCUT2D eigenvalue weighted by molar-refractivity contribution is 7.13. The molecule has 1 aliphatic heterocycles. The molecule has 0 unspecified atom stereocenters. The van der Waals surface area contributed by atoms with Crippen molar-refractivity contribution in [3.05, 3.63) is 63.9 Å². The molecular formula is C28H33N5OS. The maximum Gasteiger partial charge on any atom is 0.228 e. The first-order valence-electron chi connectivity index (χ1n) is 12.4. The summed E-state index contributed by atoms with van der Waals surface area (Å²) in [5, 5.41) is 3.70. The zero-order chi connectivity index (χ0) is 24.7. The molecule has 182 valence electrons. The largest absolute Gasteiger partial charge is 0.375 e. The maximum absolute atomic E-state index is 12.7. The van der Waals surface area contributed by atoms with Crippen molar-refractivity contribution >= 4 is 33.3 Å². The van der Waals surface area contributed by atoms with Crippen molar-refractivity contribution in [3.8, 4) is 11.3 Å². The van der Waals surface area contributed by atoms with Gasteiger partial charge in [-0.05, 0) is 73.9 Å². The molecule has 1 amide bonds. The van der Waals surface area contributed by atoms with E-state index in [1.807, 2.05) is 10.3 Å². The first-order valence-corrected chi connectivity index (χ1v) is 13.2. The van der Waals surface area contributed by atoms with Gasteiger partial charge in [0.05, 0.1) is 17.8 Å². The summed E-state index contributed by atoms with van der Waals surface area (Å²) >= 11 is 1.39. The fourth-order valence-electron chi connectivity index (χ4n) is 5.42. The number of benzene rings is 1. The average Bonchev–Trinajstić information content (AvgIpc) is 3.41. The van der Waals surface area contributed by atoms with Gasteiger partial charge in [-0.2, -0.15) is 0 Å². The lowest BCUT2D eigenvalue weighted by atomic mass is 9.87. The summed E-state index contributed by atoms with van der Waals surface area (Å²) in [5.41, 5.74) is 14.9. The predicted molar refractivity (Wildman–Crippen MR) is 144 cm³/mol. The normalized spacial score (nSPS) is 14.8. The SMILES string of the molecule is Cc1cc(-c2[nH]c3ccc(C4CCN(C(=O)Cc5csc(N)n5)CC4)cc3c2C(C)C)cc(C)n1. The van der Waals surface area contributed by atoms with Crippen LogP contribution >= 0.6 is 11.3 Å². The number of rotatable bonds is 5. The van der Waals surface area contributed by atoms with Crippen molar-refractivity contribution in [1.82, 2.24) is 19.9 Å². The van der Waals surface area contributed by atoms with Crippen LogP contribution in [-0.2, 0) is 11.2 Å². The standard InChI is InChI=1S/C28H33N5OS/c1-16(2)26-23-13-20(5-6-24(23)32-27(26)21-11-17(3)30-18(4)12-21)19-7-9-33(10-8-19)25(34)14-22-15-35-28(29)31-22/h5-6,11-13,15-16,19,32H,7-10,14H2,1-4H3,(H2,29,31). The lowest BCUT2D eigenvalue weighted by molar-refractivity contribution is -0.131. The molecule has 0 spiro atoms. The number of fused-ring (bicyclic) bond motifs is 1. The van der Waals surface area contributed by atoms with Crippen LogP contribution in [0.2, 0.25) is 0 Å². The Kier molecular flexibility index (Phi) is 6.36. The first-order chi connectivity index (χ1) is 16.8. The number of nitrogens with two attached hydrogens (primary N) is 1. The van der Waals surface area contributed by atoms with E-state index in [4.69, 9.17) is 5.73 Å². The van der Waals surface area contributed by atoms with Gasteiger partial charge in [0.1, 0.15) is 0 Å². The number of aromatic nitrogens is 3. The number of nitrogen functional groups attached to an aromatic ring is 1. The Hall–Kier alpha value is -3.19. The summed E-state index contributed by atoms with van der Waals surface area (Å²) in [6.07, 6.45) is 2.29. The summed E-state index contributed by atoms with van der Waals surface area (Å²) in [5.74, 6) is 0.994. The van der Waals surface area contributed by atoms with Gasteiger partial charge in [0.2, 0.25) is 5.91 Å². The van der Waals surface area contributed by atoms with Gasteiger partial charge < -0.3 is 15.6 Å². The van der Waals surface area contributed by atoms with Crippen molar-refractivity contribution in [3.63, 3.8) is 0 Å². The molecule has 7 heteroatoms. The van der Waals surface area contributed by atoms with Gasteiger partial charge in [0, 0.05) is 46.3 Å². The quantitative estimate of drug-likeness (QED) is 0.364. The topological polar surface area (TPSA) is 87.9 Å². The van der Waals surface area contributed by atoms with Gasteiger partial charge in [-0.1, -0.05) is 19.9 Å². The van der Waals surface area contributed by atoms with Gasteiger partial charge >= 0.3 is 0 Å². The van der Waals surface area contributed by atoms with Crippen LogP contribution in [0.25, 0.3) is 22.2 Å². The Morgan fingerprint density at radius 1 is 1.14 bits per heavy atom. The van der Waals surface area contributed by atoms with Crippen LogP contribution in [0.3, 0.4) is 0 Å². The van der Waals surface area contributed by atoms with Crippen LogP contribution in [0, 0.1) is 13.8 Å². The number of H-pyrrole nitrogens is 1. The predicted octanol–water partition coefficient (Wildman–Crippen LogP) is 5.96. The minimum absolute atomic E-state index is 0.143. The molecule has 1 fully saturated rings. The number of nitrogens with zero attached hydrogens (tertiary/aromatic N) is 3. The second-order valence-electron chi connectivity index (χ2n) is 10.0. The summed E-state index contributed by atoms with van der Waals surface area (Å²) in [6, 6.07) is 11.2. The van der Waals surface area contributed by atoms with E-state index in [9.17, 15) is 4.79 Å². The molecule has 1 saturated heterocycles. The van der Waals surface area contributed by atoms with E-state index in [2.05, 4.69) is 73.0 Å². The highest BCUT2D eigenvalue weighted by atomic mass is 32.1. The summed E-state index contributed by atoms with van der Waals surface area (Å²) in [7, 11) is 0. The van der Waals surface area contributed by atoms with Crippen LogP contribution in [0.5, 0.6) is 0 Å². The molecular weight excluding hydrogens is 454 g/mol. The van der Waals surface area contributed by atoms with Gasteiger partial charge in [0.15, 0.2) is 5.13 Å². The van der Waals surface area contributed by atoms with Crippen LogP contribution in [-0.4, -0.2) is 38.8 Å². The lowest BCUT2D eigenvalue weighted by Crippen LogP contribution is -2.38. The fraction of sp³-hybridized carbons (Fsp3) is 0.393. The fourth-order valence-corrected chi connectivity index (χ4v) is 5.99. The Labute approximate surface area is 210 Å². The number of hydrogen-bond donors (Lipinski definition) is 2. The van der Waals surface area contributed by atoms with Crippen LogP contribution in [0.4, 0.5) is 5.13 Å². The van der Waals surface area contributed by atoms with E-state index in [1.54, 1.807) is 0 Å². The average molecular weight is 488 g/mol.